The number of benzene rings is 1. The van der Waals surface area contributed by atoms with Crippen molar-refractivity contribution in [1.29, 1.82) is 0 Å². The molecule has 3 aromatic rings. The lowest BCUT2D eigenvalue weighted by Crippen LogP contribution is -2.24. The van der Waals surface area contributed by atoms with Crippen molar-refractivity contribution < 1.29 is 9.53 Å². The van der Waals surface area contributed by atoms with Crippen molar-refractivity contribution in [2.75, 3.05) is 7.11 Å². The lowest BCUT2D eigenvalue weighted by molar-refractivity contribution is -0.120. The van der Waals surface area contributed by atoms with Crippen LogP contribution in [0.5, 0.6) is 5.75 Å². The third-order valence-electron chi connectivity index (χ3n) is 3.58. The first-order valence-corrected chi connectivity index (χ1v) is 7.60. The highest BCUT2D eigenvalue weighted by Gasteiger charge is 2.08. The molecule has 1 amide bonds. The summed E-state index contributed by atoms with van der Waals surface area (Å²) in [5.74, 6) is 1.38. The van der Waals surface area contributed by atoms with Crippen LogP contribution >= 0.6 is 0 Å². The van der Waals surface area contributed by atoms with Crippen molar-refractivity contribution >= 4 is 5.91 Å². The zero-order chi connectivity index (χ0) is 16.8. The summed E-state index contributed by atoms with van der Waals surface area (Å²) in [7, 11) is 1.60. The van der Waals surface area contributed by atoms with Gasteiger partial charge in [-0.3, -0.25) is 4.79 Å². The van der Waals surface area contributed by atoms with Crippen LogP contribution in [-0.2, 0) is 17.8 Å². The predicted octanol–water partition coefficient (Wildman–Crippen LogP) is 2.13. The Morgan fingerprint density at radius 1 is 1.21 bits per heavy atom. The van der Waals surface area contributed by atoms with E-state index in [9.17, 15) is 4.79 Å². The van der Waals surface area contributed by atoms with E-state index in [-0.39, 0.29) is 12.3 Å². The highest BCUT2D eigenvalue weighted by Crippen LogP contribution is 2.17. The molecule has 0 atom stereocenters. The van der Waals surface area contributed by atoms with Crippen LogP contribution in [0, 0.1) is 0 Å². The van der Waals surface area contributed by atoms with Gasteiger partial charge in [-0.15, -0.1) is 0 Å². The molecule has 0 saturated heterocycles. The van der Waals surface area contributed by atoms with E-state index in [1.165, 1.54) is 0 Å². The van der Waals surface area contributed by atoms with E-state index < -0.39 is 0 Å². The van der Waals surface area contributed by atoms with Crippen molar-refractivity contribution in [3.63, 3.8) is 0 Å². The molecule has 122 valence electrons. The Kier molecular flexibility index (Phi) is 4.86. The van der Waals surface area contributed by atoms with Gasteiger partial charge in [0, 0.05) is 30.7 Å². The molecule has 2 heterocycles. The van der Waals surface area contributed by atoms with Crippen LogP contribution in [0.4, 0.5) is 0 Å². The van der Waals surface area contributed by atoms with Gasteiger partial charge in [0.1, 0.15) is 5.75 Å². The van der Waals surface area contributed by atoms with Crippen LogP contribution in [0.25, 0.3) is 5.82 Å². The third-order valence-corrected chi connectivity index (χ3v) is 3.58. The molecule has 3 rings (SSSR count). The lowest BCUT2D eigenvalue weighted by Gasteiger charge is -2.09. The molecule has 0 bridgehead atoms. The fourth-order valence-corrected chi connectivity index (χ4v) is 2.39. The van der Waals surface area contributed by atoms with E-state index >= 15 is 0 Å². The van der Waals surface area contributed by atoms with Crippen molar-refractivity contribution in [3.8, 4) is 11.6 Å². The maximum Gasteiger partial charge on any atom is 0.224 e. The largest absolute Gasteiger partial charge is 0.496 e. The minimum Gasteiger partial charge on any atom is -0.496 e. The third kappa shape index (κ3) is 3.78. The quantitative estimate of drug-likeness (QED) is 0.755. The van der Waals surface area contributed by atoms with Crippen LogP contribution in [0.2, 0.25) is 0 Å². The zero-order valence-corrected chi connectivity index (χ0v) is 13.3. The van der Waals surface area contributed by atoms with E-state index in [1.807, 2.05) is 48.7 Å². The Labute approximate surface area is 140 Å². The molecule has 24 heavy (non-hydrogen) atoms. The number of hydrogen-bond acceptors (Lipinski definition) is 4. The fourth-order valence-electron chi connectivity index (χ4n) is 2.39. The molecule has 0 radical (unpaired) electrons. The van der Waals surface area contributed by atoms with Gasteiger partial charge < -0.3 is 10.1 Å². The first-order valence-electron chi connectivity index (χ1n) is 7.60. The molecule has 1 aromatic carbocycles. The number of aromatic nitrogens is 3. The second kappa shape index (κ2) is 7.41. The number of ether oxygens (including phenoxy) is 1. The van der Waals surface area contributed by atoms with E-state index in [0.29, 0.717) is 6.54 Å². The van der Waals surface area contributed by atoms with Gasteiger partial charge in [-0.25, -0.2) is 9.67 Å². The van der Waals surface area contributed by atoms with Crippen LogP contribution in [0.15, 0.2) is 61.1 Å². The topological polar surface area (TPSA) is 69.0 Å². The lowest BCUT2D eigenvalue weighted by atomic mass is 10.1. The molecule has 0 spiro atoms. The second-order valence-corrected chi connectivity index (χ2v) is 5.24. The number of para-hydroxylation sites is 1. The van der Waals surface area contributed by atoms with Crippen LogP contribution in [0.1, 0.15) is 11.1 Å². The number of rotatable bonds is 6. The second-order valence-electron chi connectivity index (χ2n) is 5.24. The van der Waals surface area contributed by atoms with Gasteiger partial charge in [-0.05, 0) is 29.8 Å². The van der Waals surface area contributed by atoms with Crippen molar-refractivity contribution in [3.05, 3.63) is 72.2 Å². The highest BCUT2D eigenvalue weighted by atomic mass is 16.5. The Morgan fingerprint density at radius 2 is 2.08 bits per heavy atom. The maximum absolute atomic E-state index is 12.2. The molecule has 1 N–H and O–H groups in total. The van der Waals surface area contributed by atoms with Crippen molar-refractivity contribution in [2.45, 2.75) is 13.0 Å². The summed E-state index contributed by atoms with van der Waals surface area (Å²) < 4.78 is 6.95. The summed E-state index contributed by atoms with van der Waals surface area (Å²) in [4.78, 5) is 16.4. The van der Waals surface area contributed by atoms with Crippen LogP contribution in [0.3, 0.4) is 0 Å². The van der Waals surface area contributed by atoms with E-state index in [4.69, 9.17) is 4.74 Å². The smallest absolute Gasteiger partial charge is 0.224 e. The first-order chi connectivity index (χ1) is 11.8. The molecular weight excluding hydrogens is 304 g/mol. The number of pyridine rings is 1. The summed E-state index contributed by atoms with van der Waals surface area (Å²) >= 11 is 0. The molecule has 0 fully saturated rings. The molecule has 0 aliphatic heterocycles. The molecule has 6 heteroatoms. The van der Waals surface area contributed by atoms with Gasteiger partial charge in [-0.2, -0.15) is 5.10 Å². The van der Waals surface area contributed by atoms with Gasteiger partial charge >= 0.3 is 0 Å². The average Bonchev–Trinajstić information content (AvgIpc) is 3.15. The van der Waals surface area contributed by atoms with Gasteiger partial charge in [0.2, 0.25) is 5.91 Å². The molecule has 2 aromatic heterocycles. The van der Waals surface area contributed by atoms with E-state index in [1.54, 1.807) is 24.2 Å². The SMILES string of the molecule is COc1ccccc1CC(=O)NCc1ccnc(-n2cccn2)c1. The minimum absolute atomic E-state index is 0.0584. The van der Waals surface area contributed by atoms with Crippen LogP contribution in [-0.4, -0.2) is 27.8 Å². The van der Waals surface area contributed by atoms with Crippen molar-refractivity contribution in [2.24, 2.45) is 0 Å². The number of carbonyl (C=O) groups is 1. The van der Waals surface area contributed by atoms with E-state index in [0.717, 1.165) is 22.7 Å². The van der Waals surface area contributed by atoms with E-state index in [2.05, 4.69) is 15.4 Å². The molecule has 0 unspecified atom stereocenters. The number of nitrogens with zero attached hydrogens (tertiary/aromatic N) is 3. The van der Waals surface area contributed by atoms with Gasteiger partial charge in [-0.1, -0.05) is 18.2 Å². The number of carbonyl (C=O) groups excluding carboxylic acids is 1. The number of nitrogens with one attached hydrogen (secondary N) is 1. The fraction of sp³-hybridized carbons (Fsp3) is 0.167. The standard InChI is InChI=1S/C18H18N4O2/c1-24-16-6-3-2-5-15(16)12-18(23)20-13-14-7-9-19-17(11-14)22-10-4-8-21-22/h2-11H,12-13H2,1H3,(H,20,23). The molecule has 0 aliphatic carbocycles. The Bertz CT molecular complexity index is 815. The summed E-state index contributed by atoms with van der Waals surface area (Å²) in [5, 5.41) is 7.07. The monoisotopic (exact) mass is 322 g/mol. The summed E-state index contributed by atoms with van der Waals surface area (Å²) in [6, 6.07) is 13.1. The Hall–Kier alpha value is -3.15. The van der Waals surface area contributed by atoms with Gasteiger partial charge in [0.25, 0.3) is 0 Å². The van der Waals surface area contributed by atoms with Crippen molar-refractivity contribution in [1.82, 2.24) is 20.1 Å². The molecular formula is C18H18N4O2. The normalized spacial score (nSPS) is 10.4. The minimum atomic E-state index is -0.0584. The average molecular weight is 322 g/mol. The molecule has 6 nitrogen and oxygen atoms in total. The number of hydrogen-bond donors (Lipinski definition) is 1. The Balaban J connectivity index is 1.61. The summed E-state index contributed by atoms with van der Waals surface area (Å²) in [5.41, 5.74) is 1.83. The van der Waals surface area contributed by atoms with Gasteiger partial charge in [0.15, 0.2) is 5.82 Å². The summed E-state index contributed by atoms with van der Waals surface area (Å²) in [6.45, 7) is 0.435. The molecule has 0 aliphatic rings. The first kappa shape index (κ1) is 15.7. The Morgan fingerprint density at radius 3 is 2.88 bits per heavy atom. The molecule has 0 saturated carbocycles. The number of amides is 1. The predicted molar refractivity (Wildman–Crippen MR) is 89.9 cm³/mol. The van der Waals surface area contributed by atoms with Crippen LogP contribution < -0.4 is 10.1 Å². The highest BCUT2D eigenvalue weighted by molar-refractivity contribution is 5.79. The number of methoxy groups -OCH3 is 1. The van der Waals surface area contributed by atoms with Gasteiger partial charge in [0.05, 0.1) is 13.5 Å². The zero-order valence-electron chi connectivity index (χ0n) is 13.3. The maximum atomic E-state index is 12.2. The summed E-state index contributed by atoms with van der Waals surface area (Å²) in [6.07, 6.45) is 5.51.